The number of rotatable bonds is 10. The van der Waals surface area contributed by atoms with E-state index in [-0.39, 0.29) is 22.8 Å². The van der Waals surface area contributed by atoms with E-state index in [0.717, 1.165) is 5.56 Å². The fourth-order valence-electron chi connectivity index (χ4n) is 3.19. The summed E-state index contributed by atoms with van der Waals surface area (Å²) in [5.74, 6) is -1.25. The normalized spacial score (nSPS) is 12.0. The average Bonchev–Trinajstić information content (AvgIpc) is 2.78. The second-order valence-electron chi connectivity index (χ2n) is 7.61. The van der Waals surface area contributed by atoms with Gasteiger partial charge in [-0.05, 0) is 48.7 Å². The van der Waals surface area contributed by atoms with Crippen LogP contribution in [0.5, 0.6) is 0 Å². The molecule has 0 fully saturated rings. The molecule has 2 aromatic rings. The van der Waals surface area contributed by atoms with Crippen molar-refractivity contribution in [1.29, 1.82) is 0 Å². The molecule has 0 unspecified atom stereocenters. The number of hydrogen-bond acceptors (Lipinski definition) is 4. The Labute approximate surface area is 197 Å². The van der Waals surface area contributed by atoms with Gasteiger partial charge in [-0.3, -0.25) is 9.59 Å². The molecule has 0 heterocycles. The smallest absolute Gasteiger partial charge is 0.343 e. The molecule has 0 saturated heterocycles. The van der Waals surface area contributed by atoms with Gasteiger partial charge < -0.3 is 10.6 Å². The maximum atomic E-state index is 12.6. The zero-order valence-electron chi connectivity index (χ0n) is 19.2. The zero-order valence-corrected chi connectivity index (χ0v) is 20.0. The van der Waals surface area contributed by atoms with Crippen molar-refractivity contribution in [3.8, 4) is 0 Å². The van der Waals surface area contributed by atoms with Crippen molar-refractivity contribution in [2.45, 2.75) is 44.7 Å². The number of amides is 2. The number of benzene rings is 2. The third-order valence-electron chi connectivity index (χ3n) is 5.13. The number of carbonyl (C=O) groups excluding carboxylic acids is 2. The Morgan fingerprint density at radius 1 is 1.00 bits per heavy atom. The van der Waals surface area contributed by atoms with E-state index < -0.39 is 28.7 Å². The van der Waals surface area contributed by atoms with Gasteiger partial charge in [-0.2, -0.15) is 17.5 Å². The van der Waals surface area contributed by atoms with Gasteiger partial charge in [-0.1, -0.05) is 32.0 Å². The maximum Gasteiger partial charge on any atom is 0.405 e. The Kier molecular flexibility index (Phi) is 9.22. The van der Waals surface area contributed by atoms with Crippen molar-refractivity contribution < 1.29 is 31.2 Å². The van der Waals surface area contributed by atoms with Gasteiger partial charge in [0.15, 0.2) is 0 Å². The van der Waals surface area contributed by atoms with Crippen LogP contribution in [0.25, 0.3) is 0 Å². The molecular formula is C23H28F3N3O4S. The monoisotopic (exact) mass is 499 g/mol. The molecule has 0 bridgehead atoms. The largest absolute Gasteiger partial charge is 0.405 e. The van der Waals surface area contributed by atoms with Crippen LogP contribution in [0.1, 0.15) is 41.8 Å². The molecule has 0 aliphatic heterocycles. The zero-order chi connectivity index (χ0) is 25.5. The lowest BCUT2D eigenvalue weighted by atomic mass is 10.1. The molecule has 34 heavy (non-hydrogen) atoms. The third-order valence-corrected chi connectivity index (χ3v) is 7.19. The average molecular weight is 500 g/mol. The van der Waals surface area contributed by atoms with Crippen molar-refractivity contribution in [1.82, 2.24) is 9.62 Å². The van der Waals surface area contributed by atoms with Crippen LogP contribution in [-0.4, -0.2) is 50.3 Å². The van der Waals surface area contributed by atoms with Crippen LogP contribution in [0.3, 0.4) is 0 Å². The second-order valence-corrected chi connectivity index (χ2v) is 9.55. The number of hydrogen-bond donors (Lipinski definition) is 2. The number of carbonyl (C=O) groups is 2. The van der Waals surface area contributed by atoms with Crippen molar-refractivity contribution in [3.63, 3.8) is 0 Å². The van der Waals surface area contributed by atoms with Crippen molar-refractivity contribution in [2.24, 2.45) is 0 Å². The SMILES string of the molecule is CCN(CC)S(=O)(=O)c1ccc(CCC(=O)Nc2cc(C(=O)NCC(F)(F)F)ccc2C)cc1. The van der Waals surface area contributed by atoms with E-state index in [9.17, 15) is 31.2 Å². The molecule has 11 heteroatoms. The molecule has 2 N–H and O–H groups in total. The maximum absolute atomic E-state index is 12.6. The second kappa shape index (κ2) is 11.5. The van der Waals surface area contributed by atoms with Gasteiger partial charge >= 0.3 is 6.18 Å². The molecule has 0 spiro atoms. The summed E-state index contributed by atoms with van der Waals surface area (Å²) in [5, 5.41) is 4.46. The minimum atomic E-state index is -4.52. The summed E-state index contributed by atoms with van der Waals surface area (Å²) in [6, 6.07) is 10.6. The molecule has 2 rings (SSSR count). The number of nitrogens with one attached hydrogen (secondary N) is 2. The Morgan fingerprint density at radius 2 is 1.62 bits per heavy atom. The number of nitrogens with zero attached hydrogens (tertiary/aromatic N) is 1. The van der Waals surface area contributed by atoms with Crippen LogP contribution in [0, 0.1) is 6.92 Å². The lowest BCUT2D eigenvalue weighted by Gasteiger charge is -2.18. The standard InChI is InChI=1S/C23H28F3N3O4S/c1-4-29(5-2)34(32,33)19-11-7-17(8-12-19)9-13-21(30)28-20-14-18(10-6-16(20)3)22(31)27-15-23(24,25)26/h6-8,10-12,14H,4-5,9,13,15H2,1-3H3,(H,27,31)(H,28,30). The molecule has 0 aliphatic rings. The highest BCUT2D eigenvalue weighted by atomic mass is 32.2. The summed E-state index contributed by atoms with van der Waals surface area (Å²) < 4.78 is 63.4. The first-order valence-corrected chi connectivity index (χ1v) is 12.2. The summed E-state index contributed by atoms with van der Waals surface area (Å²) in [6.45, 7) is 4.51. The molecule has 2 aromatic carbocycles. The van der Waals surface area contributed by atoms with Crippen LogP contribution in [-0.2, 0) is 21.2 Å². The topological polar surface area (TPSA) is 95.6 Å². The predicted molar refractivity (Wildman–Crippen MR) is 123 cm³/mol. The van der Waals surface area contributed by atoms with Crippen LogP contribution >= 0.6 is 0 Å². The molecule has 0 atom stereocenters. The van der Waals surface area contributed by atoms with Gasteiger partial charge in [0.1, 0.15) is 6.54 Å². The van der Waals surface area contributed by atoms with Crippen LogP contribution in [0.15, 0.2) is 47.4 Å². The van der Waals surface area contributed by atoms with Gasteiger partial charge in [0.25, 0.3) is 5.91 Å². The van der Waals surface area contributed by atoms with E-state index in [1.807, 2.05) is 0 Å². The molecule has 0 aliphatic carbocycles. The predicted octanol–water partition coefficient (Wildman–Crippen LogP) is 3.89. The van der Waals surface area contributed by atoms with Crippen molar-refractivity contribution >= 4 is 27.5 Å². The van der Waals surface area contributed by atoms with E-state index in [1.54, 1.807) is 38.2 Å². The molecule has 186 valence electrons. The summed E-state index contributed by atoms with van der Waals surface area (Å²) >= 11 is 0. The minimum Gasteiger partial charge on any atom is -0.343 e. The van der Waals surface area contributed by atoms with Gasteiger partial charge in [0.2, 0.25) is 15.9 Å². The summed E-state index contributed by atoms with van der Waals surface area (Å²) in [4.78, 5) is 24.5. The molecule has 0 saturated carbocycles. The van der Waals surface area contributed by atoms with E-state index in [1.165, 1.54) is 34.6 Å². The van der Waals surface area contributed by atoms with E-state index in [0.29, 0.717) is 30.8 Å². The van der Waals surface area contributed by atoms with Crippen LogP contribution in [0.2, 0.25) is 0 Å². The Bertz CT molecular complexity index is 1110. The van der Waals surface area contributed by atoms with Gasteiger partial charge in [0, 0.05) is 30.8 Å². The number of aryl methyl sites for hydroxylation is 2. The Balaban J connectivity index is 1.99. The number of anilines is 1. The van der Waals surface area contributed by atoms with Crippen LogP contribution in [0.4, 0.5) is 18.9 Å². The summed E-state index contributed by atoms with van der Waals surface area (Å²) in [7, 11) is -3.56. The number of sulfonamides is 1. The highest BCUT2D eigenvalue weighted by Crippen LogP contribution is 2.20. The molecule has 2 amide bonds. The highest BCUT2D eigenvalue weighted by molar-refractivity contribution is 7.89. The first-order valence-electron chi connectivity index (χ1n) is 10.7. The first kappa shape index (κ1) is 27.3. The lowest BCUT2D eigenvalue weighted by Crippen LogP contribution is -2.33. The van der Waals surface area contributed by atoms with Gasteiger partial charge in [-0.25, -0.2) is 8.42 Å². The van der Waals surface area contributed by atoms with E-state index in [2.05, 4.69) is 5.32 Å². The van der Waals surface area contributed by atoms with E-state index >= 15 is 0 Å². The molecule has 0 aromatic heterocycles. The number of alkyl halides is 3. The summed E-state index contributed by atoms with van der Waals surface area (Å²) in [6.07, 6.45) is -4.08. The van der Waals surface area contributed by atoms with Crippen molar-refractivity contribution in [3.05, 3.63) is 59.2 Å². The van der Waals surface area contributed by atoms with Gasteiger partial charge in [-0.15, -0.1) is 0 Å². The first-order chi connectivity index (χ1) is 15.9. The number of halogens is 3. The quantitative estimate of drug-likeness (QED) is 0.519. The molecule has 0 radical (unpaired) electrons. The Hall–Kier alpha value is -2.92. The summed E-state index contributed by atoms with van der Waals surface area (Å²) in [5.41, 5.74) is 1.73. The lowest BCUT2D eigenvalue weighted by molar-refractivity contribution is -0.123. The fourth-order valence-corrected chi connectivity index (χ4v) is 4.65. The van der Waals surface area contributed by atoms with E-state index in [4.69, 9.17) is 0 Å². The minimum absolute atomic E-state index is 0.00449. The van der Waals surface area contributed by atoms with Crippen LogP contribution < -0.4 is 10.6 Å². The fraction of sp³-hybridized carbons (Fsp3) is 0.391. The highest BCUT2D eigenvalue weighted by Gasteiger charge is 2.28. The van der Waals surface area contributed by atoms with Gasteiger partial charge in [0.05, 0.1) is 4.90 Å². The molecule has 7 nitrogen and oxygen atoms in total. The third kappa shape index (κ3) is 7.56. The molecular weight excluding hydrogens is 471 g/mol. The Morgan fingerprint density at radius 3 is 2.18 bits per heavy atom. The van der Waals surface area contributed by atoms with Crippen molar-refractivity contribution in [2.75, 3.05) is 25.0 Å².